The van der Waals surface area contributed by atoms with Crippen LogP contribution in [0.3, 0.4) is 0 Å². The van der Waals surface area contributed by atoms with Gasteiger partial charge in [0.1, 0.15) is 5.82 Å². The summed E-state index contributed by atoms with van der Waals surface area (Å²) in [5.74, 6) is 0.0164. The maximum Gasteiger partial charge on any atom is 0.147 e. The number of alkyl halides is 1. The summed E-state index contributed by atoms with van der Waals surface area (Å²) in [7, 11) is 0. The molecule has 0 saturated heterocycles. The second kappa shape index (κ2) is 6.21. The van der Waals surface area contributed by atoms with Crippen LogP contribution < -0.4 is 5.01 Å². The van der Waals surface area contributed by atoms with Gasteiger partial charge in [-0.25, -0.2) is 4.39 Å². The van der Waals surface area contributed by atoms with Crippen LogP contribution in [-0.4, -0.2) is 19.4 Å². The van der Waals surface area contributed by atoms with E-state index in [9.17, 15) is 4.39 Å². The normalized spacial score (nSPS) is 14.2. The molecule has 1 aromatic rings. The zero-order chi connectivity index (χ0) is 10.7. The molecule has 90 valence electrons. The summed E-state index contributed by atoms with van der Waals surface area (Å²) in [6, 6.07) is 4.92. The molecular weight excluding hydrogens is 412 g/mol. The zero-order valence-corrected chi connectivity index (χ0v) is 11.4. The number of hydrogen-bond acceptors (Lipinski definition) is 2. The standard InChI is InChI=1S/C10H10ClFN3.Pt/c11-6-8-1-2-10(9(12)5-8)15-4-3-13-7-14-15;/h1-2,5,7H,3-4,6H2;/q-1;. The van der Waals surface area contributed by atoms with Crippen molar-refractivity contribution in [1.29, 1.82) is 0 Å². The number of nitrogens with zero attached hydrogens (tertiary/aromatic N) is 3. The topological polar surface area (TPSA) is 29.7 Å². The van der Waals surface area contributed by atoms with Crippen LogP contribution >= 0.6 is 11.6 Å². The molecule has 0 amide bonds. The molecule has 1 heterocycles. The summed E-state index contributed by atoms with van der Waals surface area (Å²) in [4.78, 5) is 0. The Morgan fingerprint density at radius 1 is 1.50 bits per heavy atom. The first-order chi connectivity index (χ1) is 7.31. The maximum atomic E-state index is 13.6. The number of hydrazone groups is 1. The van der Waals surface area contributed by atoms with E-state index in [0.29, 0.717) is 24.7 Å². The number of benzene rings is 1. The van der Waals surface area contributed by atoms with Crippen molar-refractivity contribution in [2.45, 2.75) is 5.88 Å². The van der Waals surface area contributed by atoms with E-state index in [2.05, 4.69) is 10.4 Å². The van der Waals surface area contributed by atoms with Crippen LogP contribution in [0.1, 0.15) is 5.56 Å². The molecule has 2 rings (SSSR count). The Balaban J connectivity index is 0.00000128. The van der Waals surface area contributed by atoms with E-state index >= 15 is 0 Å². The van der Waals surface area contributed by atoms with Gasteiger partial charge in [0.25, 0.3) is 0 Å². The second-order valence-electron chi connectivity index (χ2n) is 3.18. The molecule has 0 radical (unpaired) electrons. The Morgan fingerprint density at radius 2 is 2.31 bits per heavy atom. The first-order valence-corrected chi connectivity index (χ1v) is 5.15. The van der Waals surface area contributed by atoms with Gasteiger partial charge in [0.15, 0.2) is 0 Å². The molecule has 16 heavy (non-hydrogen) atoms. The third-order valence-corrected chi connectivity index (χ3v) is 2.47. The quantitative estimate of drug-likeness (QED) is 0.675. The van der Waals surface area contributed by atoms with E-state index in [1.165, 1.54) is 12.4 Å². The van der Waals surface area contributed by atoms with E-state index in [1.54, 1.807) is 17.1 Å². The second-order valence-corrected chi connectivity index (χ2v) is 3.45. The van der Waals surface area contributed by atoms with E-state index in [-0.39, 0.29) is 26.9 Å². The molecule has 0 fully saturated rings. The van der Waals surface area contributed by atoms with E-state index in [0.717, 1.165) is 5.56 Å². The van der Waals surface area contributed by atoms with Gasteiger partial charge in [0.05, 0.1) is 5.69 Å². The smallest absolute Gasteiger partial charge is 0.147 e. The number of rotatable bonds is 2. The van der Waals surface area contributed by atoms with Gasteiger partial charge in [-0.15, -0.1) is 11.6 Å². The zero-order valence-electron chi connectivity index (χ0n) is 8.34. The van der Waals surface area contributed by atoms with Crippen molar-refractivity contribution in [3.05, 3.63) is 34.9 Å². The molecule has 0 saturated carbocycles. The van der Waals surface area contributed by atoms with Crippen LogP contribution in [0.15, 0.2) is 23.3 Å². The van der Waals surface area contributed by atoms with E-state index < -0.39 is 0 Å². The van der Waals surface area contributed by atoms with Gasteiger partial charge in [0, 0.05) is 33.5 Å². The van der Waals surface area contributed by atoms with Crippen molar-refractivity contribution in [3.63, 3.8) is 0 Å². The summed E-state index contributed by atoms with van der Waals surface area (Å²) < 4.78 is 13.6. The Kier molecular flexibility index (Phi) is 5.23. The first-order valence-electron chi connectivity index (χ1n) is 4.62. The summed E-state index contributed by atoms with van der Waals surface area (Å²) in [6.07, 6.45) is 1.44. The van der Waals surface area contributed by atoms with Crippen molar-refractivity contribution >= 4 is 23.6 Å². The summed E-state index contributed by atoms with van der Waals surface area (Å²) >= 11 is 5.61. The Labute approximate surface area is 113 Å². The van der Waals surface area contributed by atoms with Crippen molar-refractivity contribution in [1.82, 2.24) is 0 Å². The summed E-state index contributed by atoms with van der Waals surface area (Å²) in [5, 5.41) is 9.52. The minimum Gasteiger partial charge on any atom is -0.469 e. The third kappa shape index (κ3) is 2.96. The molecule has 0 unspecified atom stereocenters. The fourth-order valence-corrected chi connectivity index (χ4v) is 1.56. The molecule has 0 aliphatic carbocycles. The third-order valence-electron chi connectivity index (χ3n) is 2.16. The number of halogens is 2. The Hall–Kier alpha value is -0.602. The van der Waals surface area contributed by atoms with Crippen LogP contribution in [0.25, 0.3) is 5.32 Å². The van der Waals surface area contributed by atoms with Crippen molar-refractivity contribution in [3.8, 4) is 0 Å². The SMILES string of the molecule is Fc1cc(CCl)ccc1N1CC[N-]C=N1.[Pt]. The minimum absolute atomic E-state index is 0. The van der Waals surface area contributed by atoms with Gasteiger partial charge in [0.2, 0.25) is 0 Å². The largest absolute Gasteiger partial charge is 0.469 e. The molecule has 1 aromatic carbocycles. The Morgan fingerprint density at radius 3 is 2.88 bits per heavy atom. The first kappa shape index (κ1) is 13.5. The molecule has 1 aliphatic heterocycles. The minimum atomic E-state index is -0.299. The average molecular weight is 422 g/mol. The molecule has 0 atom stereocenters. The van der Waals surface area contributed by atoms with Crippen LogP contribution in [0.2, 0.25) is 0 Å². The van der Waals surface area contributed by atoms with Gasteiger partial charge < -0.3 is 15.4 Å². The molecule has 6 heteroatoms. The van der Waals surface area contributed by atoms with Gasteiger partial charge in [-0.3, -0.25) is 0 Å². The van der Waals surface area contributed by atoms with Crippen LogP contribution in [0, 0.1) is 5.82 Å². The van der Waals surface area contributed by atoms with Crippen molar-refractivity contribution < 1.29 is 25.5 Å². The molecular formula is C10H10ClFN3Pt-. The Bertz CT molecular complexity index is 386. The van der Waals surface area contributed by atoms with Crippen LogP contribution in [0.4, 0.5) is 10.1 Å². The van der Waals surface area contributed by atoms with Gasteiger partial charge >= 0.3 is 0 Å². The predicted octanol–water partition coefficient (Wildman–Crippen LogP) is 2.70. The number of hydrogen-bond donors (Lipinski definition) is 0. The van der Waals surface area contributed by atoms with E-state index in [4.69, 9.17) is 11.6 Å². The maximum absolute atomic E-state index is 13.6. The molecule has 0 spiro atoms. The summed E-state index contributed by atoms with van der Waals surface area (Å²) in [5.41, 5.74) is 1.23. The molecule has 0 N–H and O–H groups in total. The summed E-state index contributed by atoms with van der Waals surface area (Å²) in [6.45, 7) is 1.24. The van der Waals surface area contributed by atoms with Crippen LogP contribution in [-0.2, 0) is 26.9 Å². The van der Waals surface area contributed by atoms with Crippen molar-refractivity contribution in [2.75, 3.05) is 18.1 Å². The fraction of sp³-hybridized carbons (Fsp3) is 0.300. The van der Waals surface area contributed by atoms with Crippen molar-refractivity contribution in [2.24, 2.45) is 5.10 Å². The van der Waals surface area contributed by atoms with Gasteiger partial charge in [-0.2, -0.15) is 0 Å². The average Bonchev–Trinajstić information content (AvgIpc) is 2.30. The van der Waals surface area contributed by atoms with Gasteiger partial charge in [-0.1, -0.05) is 12.4 Å². The van der Waals surface area contributed by atoms with E-state index in [1.807, 2.05) is 0 Å². The fourth-order valence-electron chi connectivity index (χ4n) is 1.39. The molecule has 1 aliphatic rings. The molecule has 0 aromatic heterocycles. The monoisotopic (exact) mass is 421 g/mol. The molecule has 3 nitrogen and oxygen atoms in total. The number of anilines is 1. The predicted molar refractivity (Wildman–Crippen MR) is 60.0 cm³/mol. The molecule has 0 bridgehead atoms. The van der Waals surface area contributed by atoms with Gasteiger partial charge in [-0.05, 0) is 24.2 Å². The van der Waals surface area contributed by atoms with Crippen LogP contribution in [0.5, 0.6) is 0 Å².